The molecule has 9 heavy (non-hydrogen) atoms. The van der Waals surface area contributed by atoms with Crippen molar-refractivity contribution in [2.75, 3.05) is 0 Å². The van der Waals surface area contributed by atoms with Crippen molar-refractivity contribution in [1.82, 2.24) is 0 Å². The zero-order valence-electron chi connectivity index (χ0n) is 4.03. The van der Waals surface area contributed by atoms with Crippen LogP contribution in [0.15, 0.2) is 0 Å². The van der Waals surface area contributed by atoms with Gasteiger partial charge in [0.05, 0.1) is 0 Å². The van der Waals surface area contributed by atoms with Gasteiger partial charge in [-0.1, -0.05) is 0 Å². The zero-order chi connectivity index (χ0) is 7.15. The molecule has 6 nitrogen and oxygen atoms in total. The number of rotatable bonds is 0. The summed E-state index contributed by atoms with van der Waals surface area (Å²) in [5, 5.41) is 25.2. The van der Waals surface area contributed by atoms with Crippen molar-refractivity contribution < 1.29 is 29.1 Å². The number of hydrogen-bond acceptors (Lipinski definition) is 6. The quantitative estimate of drug-likeness (QED) is 0.402. The van der Waals surface area contributed by atoms with Crippen molar-refractivity contribution in [2.24, 2.45) is 0 Å². The third-order valence-corrected chi connectivity index (χ3v) is 0. The fraction of sp³-hybridized carbons (Fsp3) is 0. The maximum absolute atomic E-state index is 8.52. The predicted octanol–water partition coefficient (Wildman–Crippen LogP) is -7.21. The molecule has 4 radical (unpaired) electrons. The Morgan fingerprint density at radius 3 is 1.11 bits per heavy atom. The summed E-state index contributed by atoms with van der Waals surface area (Å²) in [6.45, 7) is 0. The van der Waals surface area contributed by atoms with Gasteiger partial charge in [-0.2, -0.15) is 0 Å². The Bertz CT molecular complexity index is 57.3. The molecule has 0 amide bonds. The fourth-order valence-electron chi connectivity index (χ4n) is 0. The Morgan fingerprint density at radius 1 is 1.11 bits per heavy atom. The third kappa shape index (κ3) is 1520. The van der Waals surface area contributed by atoms with Gasteiger partial charge in [-0.05, 0) is 0 Å². The molecular weight excluding hydrogens is 342 g/mol. The first-order valence-corrected chi connectivity index (χ1v) is 2.54. The minimum Gasteiger partial charge on any atom is -0.907 e. The summed E-state index contributed by atoms with van der Waals surface area (Å²) in [4.78, 5) is 17.0. The van der Waals surface area contributed by atoms with Crippen molar-refractivity contribution in [3.8, 4) is 0 Å². The summed E-state index contributed by atoms with van der Waals surface area (Å²) in [5.74, 6) is 0. The van der Waals surface area contributed by atoms with E-state index in [9.17, 15) is 0 Å². The van der Waals surface area contributed by atoms with Crippen LogP contribution in [0.1, 0.15) is 0 Å². The average molecular weight is 342 g/mol. The van der Waals surface area contributed by atoms with Crippen LogP contribution in [0, 0.1) is 0 Å². The second kappa shape index (κ2) is 11.3. The Kier molecular flexibility index (Phi) is 20.4. The van der Waals surface area contributed by atoms with Crippen LogP contribution in [0.25, 0.3) is 0 Å². The van der Waals surface area contributed by atoms with Crippen molar-refractivity contribution >= 4 is 43.8 Å². The van der Waals surface area contributed by atoms with Gasteiger partial charge in [0, 0.05) is 36.5 Å². The van der Waals surface area contributed by atoms with Crippen LogP contribution in [0.5, 0.6) is 0 Å². The van der Waals surface area contributed by atoms with Gasteiger partial charge in [0.15, 0.2) is 0 Å². The molecule has 0 aromatic carbocycles. The third-order valence-electron chi connectivity index (χ3n) is 0. The average Bonchev–Trinajstić information content (AvgIpc) is 1.25. The molecule has 0 saturated carbocycles. The molecule has 0 unspecified atom stereocenters. The van der Waals surface area contributed by atoms with Crippen LogP contribution in [-0.2, 0) is 4.46 Å². The van der Waals surface area contributed by atoms with E-state index in [1.54, 1.807) is 0 Å². The Labute approximate surface area is 73.0 Å². The minimum atomic E-state index is -3.63. The normalized spacial score (nSPS) is 5.67. The second-order valence-electron chi connectivity index (χ2n) is 0.539. The molecule has 0 aliphatic heterocycles. The summed E-state index contributed by atoms with van der Waals surface area (Å²) in [6.07, 6.45) is 0. The molecule has 0 heterocycles. The minimum absolute atomic E-state index is 0. The zero-order valence-corrected chi connectivity index (χ0v) is 8.91. The molecule has 0 aromatic heterocycles. The van der Waals surface area contributed by atoms with Gasteiger partial charge in [0.2, 0.25) is 0 Å². The summed E-state index contributed by atoms with van der Waals surface area (Å²) in [7, 11) is -6.55. The van der Waals surface area contributed by atoms with E-state index in [0.717, 1.165) is 0 Å². The summed E-state index contributed by atoms with van der Waals surface area (Å²) < 4.78 is 8.52. The van der Waals surface area contributed by atoms with E-state index in [1.807, 2.05) is 0 Å². The molecule has 0 spiro atoms. The van der Waals surface area contributed by atoms with Crippen molar-refractivity contribution in [3.05, 3.63) is 0 Å². The fourth-order valence-corrected chi connectivity index (χ4v) is 0. The van der Waals surface area contributed by atoms with E-state index >= 15 is 0 Å². The molecule has 0 atom stereocenters. The second-order valence-corrected chi connectivity index (χ2v) is 1.04. The Hall–Kier alpha value is 0.484. The van der Waals surface area contributed by atoms with Gasteiger partial charge in [0.1, 0.15) is 0 Å². The van der Waals surface area contributed by atoms with Gasteiger partial charge in [0.25, 0.3) is 0 Å². The van der Waals surface area contributed by atoms with Crippen LogP contribution in [0.3, 0.4) is 0 Å². The first-order chi connectivity index (χ1) is 3.46. The molecule has 0 aliphatic rings. The molecule has 9 heteroatoms. The van der Waals surface area contributed by atoms with Crippen molar-refractivity contribution in [1.29, 1.82) is 0 Å². The van der Waals surface area contributed by atoms with Crippen LogP contribution in [0.2, 0.25) is 0 Å². The molecule has 0 aromatic rings. The molecule has 0 saturated heterocycles. The summed E-state index contributed by atoms with van der Waals surface area (Å²) >= 11 is 0. The molecule has 0 aliphatic carbocycles. The SMILES string of the molecule is O=[Si]([O-])[O-].[O-]B([O-])[O-].[Pb]. The van der Waals surface area contributed by atoms with Crippen LogP contribution in [0.4, 0.5) is 0 Å². The van der Waals surface area contributed by atoms with Crippen LogP contribution >= 0.6 is 0 Å². The van der Waals surface area contributed by atoms with Crippen LogP contribution in [-0.4, -0.2) is 43.8 Å². The van der Waals surface area contributed by atoms with E-state index in [0.29, 0.717) is 0 Å². The van der Waals surface area contributed by atoms with E-state index < -0.39 is 16.5 Å². The number of hydrogen-bond donors (Lipinski definition) is 0. The van der Waals surface area contributed by atoms with Gasteiger partial charge >= 0.3 is 0 Å². The van der Waals surface area contributed by atoms with Gasteiger partial charge in [-0.25, -0.2) is 0 Å². The Morgan fingerprint density at radius 2 is 1.11 bits per heavy atom. The van der Waals surface area contributed by atoms with Crippen molar-refractivity contribution in [2.45, 2.75) is 0 Å². The maximum atomic E-state index is 8.52. The molecule has 0 N–H and O–H groups in total. The Balaban J connectivity index is -0.0000000720. The maximum Gasteiger partial charge on any atom is 0.0172 e. The first-order valence-electron chi connectivity index (χ1n) is 1.32. The van der Waals surface area contributed by atoms with Crippen molar-refractivity contribution in [3.63, 3.8) is 0 Å². The molecule has 0 rings (SSSR count). The smallest absolute Gasteiger partial charge is 0.0172 e. The molecule has 0 fully saturated rings. The van der Waals surface area contributed by atoms with E-state index in [4.69, 9.17) is 29.1 Å². The summed E-state index contributed by atoms with van der Waals surface area (Å²) in [5.41, 5.74) is 0. The van der Waals surface area contributed by atoms with Gasteiger partial charge in [-0.15, -0.1) is 0 Å². The van der Waals surface area contributed by atoms with E-state index in [-0.39, 0.29) is 27.3 Å². The summed E-state index contributed by atoms with van der Waals surface area (Å²) in [6, 6.07) is 0. The first kappa shape index (κ1) is 16.2. The molecule has 0 bridgehead atoms. The van der Waals surface area contributed by atoms with Gasteiger partial charge in [-0.3, -0.25) is 7.32 Å². The van der Waals surface area contributed by atoms with Crippen LogP contribution < -0.4 is 24.7 Å². The standard InChI is InChI=1S/BO3.O3Si.Pb/c2-1(3)4;1-4(2)3;/q-3;-2;. The predicted molar refractivity (Wildman–Crippen MR) is 17.9 cm³/mol. The molecular formula is BO6PbSi-5. The van der Waals surface area contributed by atoms with E-state index in [1.165, 1.54) is 0 Å². The molecule has 52 valence electrons. The topological polar surface area (TPSA) is 132 Å². The monoisotopic (exact) mass is 343 g/mol. The van der Waals surface area contributed by atoms with Gasteiger partial charge < -0.3 is 29.1 Å². The largest absolute Gasteiger partial charge is 0.907 e. The van der Waals surface area contributed by atoms with E-state index in [2.05, 4.69) is 0 Å².